The van der Waals surface area contributed by atoms with Gasteiger partial charge >= 0.3 is 0 Å². The fourth-order valence-electron chi connectivity index (χ4n) is 5.89. The van der Waals surface area contributed by atoms with Crippen molar-refractivity contribution in [3.63, 3.8) is 0 Å². The van der Waals surface area contributed by atoms with Gasteiger partial charge in [-0.3, -0.25) is 4.79 Å². The van der Waals surface area contributed by atoms with Crippen LogP contribution in [0.5, 0.6) is 0 Å². The van der Waals surface area contributed by atoms with Crippen molar-refractivity contribution in [1.82, 2.24) is 0 Å². The van der Waals surface area contributed by atoms with Gasteiger partial charge in [0, 0.05) is 22.8 Å². The highest BCUT2D eigenvalue weighted by Gasteiger charge is 2.55. The summed E-state index contributed by atoms with van der Waals surface area (Å²) in [6, 6.07) is 0. The molecule has 114 valence electrons. The molecule has 4 aliphatic carbocycles. The standard InChI is InChI=1S/C21H24O/c1-4-14-6-8-18-17-7-5-15-13-16(22)9-11-21(15,3)19(17)10-12-20(14,18)2/h1,5-6,9,11,17-19H,7-8,10,12-13H2,2-3H3/t17?,18?,19?,20-,21+/m1/s1. The summed E-state index contributed by atoms with van der Waals surface area (Å²) in [5, 5.41) is 0. The fourth-order valence-corrected chi connectivity index (χ4v) is 5.89. The van der Waals surface area contributed by atoms with Gasteiger partial charge in [0.2, 0.25) is 0 Å². The highest BCUT2D eigenvalue weighted by atomic mass is 16.1. The zero-order valence-corrected chi connectivity index (χ0v) is 13.6. The SMILES string of the molecule is C#CC1=CCC2C3CC=C4CC(=O)C=C[C@]4(C)C3CC[C@]12C. The molecular weight excluding hydrogens is 268 g/mol. The molecule has 0 radical (unpaired) electrons. The second kappa shape index (κ2) is 4.48. The van der Waals surface area contributed by atoms with E-state index in [2.05, 4.69) is 38.0 Å². The van der Waals surface area contributed by atoms with E-state index < -0.39 is 0 Å². The average Bonchev–Trinajstić information content (AvgIpc) is 2.84. The Balaban J connectivity index is 1.72. The second-order valence-electron chi connectivity index (χ2n) is 8.06. The van der Waals surface area contributed by atoms with Gasteiger partial charge in [-0.1, -0.05) is 43.6 Å². The Labute approximate surface area is 133 Å². The summed E-state index contributed by atoms with van der Waals surface area (Å²) in [5.74, 6) is 5.27. The van der Waals surface area contributed by atoms with Gasteiger partial charge < -0.3 is 0 Å². The lowest BCUT2D eigenvalue weighted by atomic mass is 9.48. The Hall–Kier alpha value is -1.55. The third-order valence-electron chi connectivity index (χ3n) is 7.25. The molecule has 0 aromatic heterocycles. The van der Waals surface area contributed by atoms with Gasteiger partial charge in [0.05, 0.1) is 0 Å². The number of hydrogen-bond acceptors (Lipinski definition) is 1. The largest absolute Gasteiger partial charge is 0.295 e. The Bertz CT molecular complexity index is 671. The van der Waals surface area contributed by atoms with Crippen molar-refractivity contribution in [2.45, 2.75) is 46.0 Å². The molecule has 0 heterocycles. The van der Waals surface area contributed by atoms with Crippen molar-refractivity contribution >= 4 is 5.78 Å². The van der Waals surface area contributed by atoms with E-state index in [0.717, 1.165) is 12.8 Å². The molecule has 0 amide bonds. The van der Waals surface area contributed by atoms with Crippen molar-refractivity contribution in [2.24, 2.45) is 28.6 Å². The first kappa shape index (κ1) is 14.1. The number of fused-ring (bicyclic) bond motifs is 5. The van der Waals surface area contributed by atoms with Gasteiger partial charge in [-0.2, -0.15) is 0 Å². The van der Waals surface area contributed by atoms with Crippen molar-refractivity contribution in [2.75, 3.05) is 0 Å². The maximum absolute atomic E-state index is 11.8. The number of carbonyl (C=O) groups is 1. The molecule has 1 nitrogen and oxygen atoms in total. The van der Waals surface area contributed by atoms with Gasteiger partial charge in [0.1, 0.15) is 0 Å². The predicted octanol–water partition coefficient (Wildman–Crippen LogP) is 4.46. The Morgan fingerprint density at radius 1 is 1.23 bits per heavy atom. The minimum Gasteiger partial charge on any atom is -0.295 e. The van der Waals surface area contributed by atoms with Crippen LogP contribution in [0.4, 0.5) is 0 Å². The lowest BCUT2D eigenvalue weighted by Gasteiger charge is -2.55. The van der Waals surface area contributed by atoms with Gasteiger partial charge in [-0.25, -0.2) is 0 Å². The first-order valence-corrected chi connectivity index (χ1v) is 8.58. The molecule has 1 heteroatoms. The van der Waals surface area contributed by atoms with Crippen LogP contribution in [0, 0.1) is 40.9 Å². The third kappa shape index (κ3) is 1.64. The highest BCUT2D eigenvalue weighted by Crippen LogP contribution is 2.63. The highest BCUT2D eigenvalue weighted by molar-refractivity contribution is 5.93. The van der Waals surface area contributed by atoms with Crippen molar-refractivity contribution in [3.8, 4) is 12.3 Å². The molecule has 0 aromatic rings. The van der Waals surface area contributed by atoms with Crippen LogP contribution >= 0.6 is 0 Å². The second-order valence-corrected chi connectivity index (χ2v) is 8.06. The van der Waals surface area contributed by atoms with E-state index in [4.69, 9.17) is 6.42 Å². The predicted molar refractivity (Wildman–Crippen MR) is 88.9 cm³/mol. The molecule has 1 fully saturated rings. The van der Waals surface area contributed by atoms with Crippen LogP contribution < -0.4 is 0 Å². The summed E-state index contributed by atoms with van der Waals surface area (Å²) >= 11 is 0. The number of carbonyl (C=O) groups excluding carboxylic acids is 1. The van der Waals surface area contributed by atoms with E-state index in [0.29, 0.717) is 24.2 Å². The fraction of sp³-hybridized carbons (Fsp3) is 0.571. The van der Waals surface area contributed by atoms with Gasteiger partial charge in [0.15, 0.2) is 5.78 Å². The van der Waals surface area contributed by atoms with Crippen LogP contribution in [0.2, 0.25) is 0 Å². The summed E-state index contributed by atoms with van der Waals surface area (Å²) in [6.45, 7) is 4.74. The van der Waals surface area contributed by atoms with E-state index in [9.17, 15) is 4.79 Å². The van der Waals surface area contributed by atoms with Crippen molar-refractivity contribution in [3.05, 3.63) is 35.5 Å². The van der Waals surface area contributed by atoms with Crippen LogP contribution in [0.15, 0.2) is 35.5 Å². The molecule has 0 saturated heterocycles. The Morgan fingerprint density at radius 3 is 2.82 bits per heavy atom. The average molecular weight is 292 g/mol. The first-order chi connectivity index (χ1) is 10.5. The number of hydrogen-bond donors (Lipinski definition) is 0. The number of allylic oxidation sites excluding steroid dienone is 6. The van der Waals surface area contributed by atoms with E-state index in [-0.39, 0.29) is 16.6 Å². The molecule has 5 atom stereocenters. The smallest absolute Gasteiger partial charge is 0.159 e. The Kier molecular flexibility index (Phi) is 2.86. The molecule has 4 rings (SSSR count). The zero-order valence-electron chi connectivity index (χ0n) is 13.6. The quantitative estimate of drug-likeness (QED) is 0.476. The van der Waals surface area contributed by atoms with Gasteiger partial charge in [0.25, 0.3) is 0 Å². The normalized spacial score (nSPS) is 46.0. The lowest BCUT2D eigenvalue weighted by molar-refractivity contribution is -0.115. The minimum absolute atomic E-state index is 0.0943. The number of terminal acetylenes is 1. The molecule has 22 heavy (non-hydrogen) atoms. The maximum Gasteiger partial charge on any atom is 0.159 e. The summed E-state index contributed by atoms with van der Waals surface area (Å²) in [4.78, 5) is 11.8. The van der Waals surface area contributed by atoms with Crippen LogP contribution in [-0.2, 0) is 4.79 Å². The zero-order chi connectivity index (χ0) is 15.5. The number of rotatable bonds is 0. The minimum atomic E-state index is 0.0943. The van der Waals surface area contributed by atoms with E-state index in [1.54, 1.807) is 0 Å². The monoisotopic (exact) mass is 292 g/mol. The van der Waals surface area contributed by atoms with E-state index in [1.165, 1.54) is 24.0 Å². The molecule has 0 aliphatic heterocycles. The maximum atomic E-state index is 11.8. The molecule has 0 aromatic carbocycles. The molecule has 0 bridgehead atoms. The van der Waals surface area contributed by atoms with Crippen LogP contribution in [0.1, 0.15) is 46.0 Å². The van der Waals surface area contributed by atoms with Crippen LogP contribution in [-0.4, -0.2) is 5.78 Å². The van der Waals surface area contributed by atoms with Crippen LogP contribution in [0.3, 0.4) is 0 Å². The molecule has 0 N–H and O–H groups in total. The topological polar surface area (TPSA) is 17.1 Å². The lowest BCUT2D eigenvalue weighted by Crippen LogP contribution is -2.48. The van der Waals surface area contributed by atoms with Gasteiger partial charge in [-0.05, 0) is 49.5 Å². The Morgan fingerprint density at radius 2 is 2.05 bits per heavy atom. The summed E-state index contributed by atoms with van der Waals surface area (Å²) in [6.07, 6.45) is 19.8. The molecule has 4 aliphatic rings. The summed E-state index contributed by atoms with van der Waals surface area (Å²) < 4.78 is 0. The first-order valence-electron chi connectivity index (χ1n) is 8.58. The summed E-state index contributed by atoms with van der Waals surface area (Å²) in [5.41, 5.74) is 2.92. The third-order valence-corrected chi connectivity index (χ3v) is 7.25. The molecule has 0 spiro atoms. The van der Waals surface area contributed by atoms with Gasteiger partial charge in [-0.15, -0.1) is 6.42 Å². The molecular formula is C21H24O. The summed E-state index contributed by atoms with van der Waals surface area (Å²) in [7, 11) is 0. The molecule has 3 unspecified atom stereocenters. The number of ketones is 1. The van der Waals surface area contributed by atoms with E-state index in [1.807, 2.05) is 6.08 Å². The molecule has 1 saturated carbocycles. The van der Waals surface area contributed by atoms with E-state index >= 15 is 0 Å². The van der Waals surface area contributed by atoms with Crippen molar-refractivity contribution in [1.29, 1.82) is 0 Å². The van der Waals surface area contributed by atoms with Crippen LogP contribution in [0.25, 0.3) is 0 Å². The van der Waals surface area contributed by atoms with Crippen molar-refractivity contribution < 1.29 is 4.79 Å².